The van der Waals surface area contributed by atoms with Gasteiger partial charge in [-0.25, -0.2) is 4.98 Å². The summed E-state index contributed by atoms with van der Waals surface area (Å²) in [5.74, 6) is 0.768. The molecule has 4 heteroatoms. The molecule has 2 aliphatic rings. The van der Waals surface area contributed by atoms with Gasteiger partial charge in [-0.05, 0) is 42.5 Å². The van der Waals surface area contributed by atoms with Crippen LogP contribution < -0.4 is 5.32 Å². The number of pyridine rings is 1. The molecule has 0 atom stereocenters. The zero-order valence-corrected chi connectivity index (χ0v) is 9.27. The molecule has 1 saturated carbocycles. The van der Waals surface area contributed by atoms with Gasteiger partial charge in [0.15, 0.2) is 0 Å². The van der Waals surface area contributed by atoms with E-state index in [-0.39, 0.29) is 11.3 Å². The van der Waals surface area contributed by atoms with Crippen molar-refractivity contribution < 1.29 is 9.59 Å². The predicted molar refractivity (Wildman–Crippen MR) is 63.3 cm³/mol. The van der Waals surface area contributed by atoms with Gasteiger partial charge in [0.05, 0.1) is 5.41 Å². The van der Waals surface area contributed by atoms with E-state index < -0.39 is 0 Å². The molecule has 1 aliphatic heterocycles. The number of anilines is 1. The highest BCUT2D eigenvalue weighted by atomic mass is 16.2. The zero-order valence-electron chi connectivity index (χ0n) is 9.27. The van der Waals surface area contributed by atoms with Crippen molar-refractivity contribution in [3.05, 3.63) is 29.5 Å². The van der Waals surface area contributed by atoms with E-state index >= 15 is 0 Å². The Morgan fingerprint density at radius 1 is 1.41 bits per heavy atom. The normalized spacial score (nSPS) is 20.1. The standard InChI is InChI=1S/C13H12N2O2/c16-5-1-2-9-6-10-7-13(3-4-13)12(17)15-11(10)14-8-9/h1-2,5-6,8H,3-4,7H2,(H,14,15,17)/b2-1+. The minimum Gasteiger partial charge on any atom is -0.310 e. The third kappa shape index (κ3) is 1.65. The highest BCUT2D eigenvalue weighted by Gasteiger charge is 2.52. The van der Waals surface area contributed by atoms with Gasteiger partial charge in [0.25, 0.3) is 0 Å². The van der Waals surface area contributed by atoms with Gasteiger partial charge in [-0.15, -0.1) is 0 Å². The fraction of sp³-hybridized carbons (Fsp3) is 0.308. The molecule has 1 N–H and O–H groups in total. The van der Waals surface area contributed by atoms with Crippen LogP contribution >= 0.6 is 0 Å². The van der Waals surface area contributed by atoms with E-state index in [9.17, 15) is 9.59 Å². The first-order chi connectivity index (χ1) is 8.23. The van der Waals surface area contributed by atoms with Crippen molar-refractivity contribution >= 4 is 24.1 Å². The van der Waals surface area contributed by atoms with Crippen LogP contribution in [0.2, 0.25) is 0 Å². The maximum absolute atomic E-state index is 11.8. The summed E-state index contributed by atoms with van der Waals surface area (Å²) in [5.41, 5.74) is 1.79. The smallest absolute Gasteiger partial charge is 0.232 e. The van der Waals surface area contributed by atoms with Gasteiger partial charge < -0.3 is 5.32 Å². The topological polar surface area (TPSA) is 59.1 Å². The molecule has 0 unspecified atom stereocenters. The van der Waals surface area contributed by atoms with Crippen LogP contribution in [0.5, 0.6) is 0 Å². The lowest BCUT2D eigenvalue weighted by atomic mass is 9.92. The van der Waals surface area contributed by atoms with E-state index in [1.54, 1.807) is 12.3 Å². The monoisotopic (exact) mass is 228 g/mol. The van der Waals surface area contributed by atoms with Crippen LogP contribution in [0.3, 0.4) is 0 Å². The molecule has 17 heavy (non-hydrogen) atoms. The van der Waals surface area contributed by atoms with Crippen molar-refractivity contribution in [3.63, 3.8) is 0 Å². The average molecular weight is 228 g/mol. The summed E-state index contributed by atoms with van der Waals surface area (Å²) < 4.78 is 0. The maximum Gasteiger partial charge on any atom is 0.232 e. The number of hydrogen-bond acceptors (Lipinski definition) is 3. The molecule has 3 rings (SSSR count). The number of fused-ring (bicyclic) bond motifs is 1. The van der Waals surface area contributed by atoms with E-state index in [0.717, 1.165) is 36.7 Å². The van der Waals surface area contributed by atoms with Crippen LogP contribution in [0.4, 0.5) is 5.82 Å². The van der Waals surface area contributed by atoms with Gasteiger partial charge in [0, 0.05) is 6.20 Å². The summed E-state index contributed by atoms with van der Waals surface area (Å²) >= 11 is 0. The lowest BCUT2D eigenvalue weighted by Gasteiger charge is -2.23. The predicted octanol–water partition coefficient (Wildman–Crippen LogP) is 1.57. The molecular formula is C13H12N2O2. The Hall–Kier alpha value is -1.97. The van der Waals surface area contributed by atoms with E-state index in [2.05, 4.69) is 10.3 Å². The van der Waals surface area contributed by atoms with Crippen LogP contribution in [0.25, 0.3) is 6.08 Å². The number of nitrogens with zero attached hydrogens (tertiary/aromatic N) is 1. The van der Waals surface area contributed by atoms with E-state index in [1.165, 1.54) is 6.08 Å². The van der Waals surface area contributed by atoms with Crippen molar-refractivity contribution in [1.29, 1.82) is 0 Å². The second-order valence-corrected chi connectivity index (χ2v) is 4.68. The minimum atomic E-state index is -0.165. The summed E-state index contributed by atoms with van der Waals surface area (Å²) in [5, 5.41) is 2.85. The van der Waals surface area contributed by atoms with E-state index in [1.807, 2.05) is 6.07 Å². The van der Waals surface area contributed by atoms with Gasteiger partial charge >= 0.3 is 0 Å². The molecular weight excluding hydrogens is 216 g/mol. The van der Waals surface area contributed by atoms with E-state index in [0.29, 0.717) is 5.82 Å². The molecule has 1 amide bonds. The number of amides is 1. The summed E-state index contributed by atoms with van der Waals surface area (Å²) in [6.07, 6.45) is 8.25. The van der Waals surface area contributed by atoms with Gasteiger partial charge in [0.1, 0.15) is 12.1 Å². The minimum absolute atomic E-state index is 0.105. The lowest BCUT2D eigenvalue weighted by molar-refractivity contribution is -0.121. The summed E-state index contributed by atoms with van der Waals surface area (Å²) in [7, 11) is 0. The number of aldehydes is 1. The Labute approximate surface area is 98.7 Å². The van der Waals surface area contributed by atoms with Crippen molar-refractivity contribution in [2.45, 2.75) is 19.3 Å². The fourth-order valence-electron chi connectivity index (χ4n) is 2.26. The number of carbonyl (C=O) groups is 2. The van der Waals surface area contributed by atoms with Crippen molar-refractivity contribution in [1.82, 2.24) is 4.98 Å². The van der Waals surface area contributed by atoms with Gasteiger partial charge in [-0.1, -0.05) is 6.08 Å². The van der Waals surface area contributed by atoms with E-state index in [4.69, 9.17) is 0 Å². The molecule has 4 nitrogen and oxygen atoms in total. The lowest BCUT2D eigenvalue weighted by Crippen LogP contribution is -2.31. The Balaban J connectivity index is 1.95. The van der Waals surface area contributed by atoms with Crippen LogP contribution in [0, 0.1) is 5.41 Å². The van der Waals surface area contributed by atoms with Crippen LogP contribution in [-0.4, -0.2) is 17.2 Å². The molecule has 1 spiro atoms. The second-order valence-electron chi connectivity index (χ2n) is 4.68. The van der Waals surface area contributed by atoms with Gasteiger partial charge in [-0.2, -0.15) is 0 Å². The molecule has 86 valence electrons. The molecule has 1 aromatic heterocycles. The zero-order chi connectivity index (χ0) is 11.9. The summed E-state index contributed by atoms with van der Waals surface area (Å²) in [6, 6.07) is 1.99. The number of nitrogens with one attached hydrogen (secondary N) is 1. The quantitative estimate of drug-likeness (QED) is 0.617. The first kappa shape index (κ1) is 10.2. The Kier molecular flexibility index (Phi) is 2.11. The highest BCUT2D eigenvalue weighted by molar-refractivity contribution is 5.99. The van der Waals surface area contributed by atoms with Gasteiger partial charge in [0.2, 0.25) is 5.91 Å². The van der Waals surface area contributed by atoms with Crippen molar-refractivity contribution in [3.8, 4) is 0 Å². The highest BCUT2D eigenvalue weighted by Crippen LogP contribution is 2.52. The molecule has 0 radical (unpaired) electrons. The largest absolute Gasteiger partial charge is 0.310 e. The van der Waals surface area contributed by atoms with Crippen LogP contribution in [0.1, 0.15) is 24.0 Å². The first-order valence-electron chi connectivity index (χ1n) is 5.66. The Bertz CT molecular complexity index is 530. The average Bonchev–Trinajstić information content (AvgIpc) is 3.09. The molecule has 2 heterocycles. The van der Waals surface area contributed by atoms with Crippen LogP contribution in [0.15, 0.2) is 18.3 Å². The SMILES string of the molecule is O=C/C=C/c1cnc2c(c1)CC1(CC1)C(=O)N2. The number of rotatable bonds is 2. The molecule has 0 aromatic carbocycles. The fourth-order valence-corrected chi connectivity index (χ4v) is 2.26. The third-order valence-electron chi connectivity index (χ3n) is 3.45. The summed E-state index contributed by atoms with van der Waals surface area (Å²) in [4.78, 5) is 26.3. The summed E-state index contributed by atoms with van der Waals surface area (Å²) in [6.45, 7) is 0. The van der Waals surface area contributed by atoms with Gasteiger partial charge in [-0.3, -0.25) is 9.59 Å². The maximum atomic E-state index is 11.8. The van der Waals surface area contributed by atoms with Crippen molar-refractivity contribution in [2.75, 3.05) is 5.32 Å². The molecule has 1 aliphatic carbocycles. The number of hydrogen-bond donors (Lipinski definition) is 1. The molecule has 1 fully saturated rings. The number of allylic oxidation sites excluding steroid dienone is 1. The number of carbonyl (C=O) groups excluding carboxylic acids is 2. The Morgan fingerprint density at radius 3 is 2.94 bits per heavy atom. The first-order valence-corrected chi connectivity index (χ1v) is 5.66. The molecule has 0 bridgehead atoms. The second kappa shape index (κ2) is 3.52. The number of aromatic nitrogens is 1. The Morgan fingerprint density at radius 2 is 2.24 bits per heavy atom. The van der Waals surface area contributed by atoms with Crippen LogP contribution in [-0.2, 0) is 16.0 Å². The van der Waals surface area contributed by atoms with Crippen molar-refractivity contribution in [2.24, 2.45) is 5.41 Å². The molecule has 0 saturated heterocycles. The third-order valence-corrected chi connectivity index (χ3v) is 3.45. The molecule has 1 aromatic rings.